The first kappa shape index (κ1) is 40.4. The highest BCUT2D eigenvalue weighted by atomic mass is 32.2. The van der Waals surface area contributed by atoms with E-state index in [1.54, 1.807) is 18.0 Å². The number of likely N-dealkylation sites (N-methyl/N-ethyl adjacent to an activating group) is 1. The highest BCUT2D eigenvalue weighted by Crippen LogP contribution is 2.33. The monoisotopic (exact) mass is 796 g/mol. The van der Waals surface area contributed by atoms with Crippen LogP contribution in [0, 0.1) is 24.6 Å². The molecule has 0 fully saturated rings. The minimum atomic E-state index is -4.21. The standard InChI is InChI=1S/C36H41FN8O6S3/c1-24-22-31(42-43-33(24)41-35-39-27-11-5-6-12-29(27)52-35)44(2)36-40-32(34(46)47)30(53-36)13-8-20-51-28-15-14-25(23-26(28)37)10-7-16-38-17-19-45(3,4)18-9-21-54(48,49)50/h5-6,11-12,14-15,22-23,38H,8-9,13,16-21H2,1-4H3,(H2-,39,41,43,46,47,48,49,50). The summed E-state index contributed by atoms with van der Waals surface area (Å²) in [4.78, 5) is 23.3. The number of aromatic nitrogens is 4. The van der Waals surface area contributed by atoms with Crippen molar-refractivity contribution in [2.75, 3.05) is 69.9 Å². The van der Waals surface area contributed by atoms with Crippen molar-refractivity contribution in [3.8, 4) is 17.6 Å². The van der Waals surface area contributed by atoms with Crippen LogP contribution >= 0.6 is 22.7 Å². The number of aryl methyl sites for hydroxylation is 2. The van der Waals surface area contributed by atoms with Crippen molar-refractivity contribution in [2.45, 2.75) is 26.2 Å². The fourth-order valence-electron chi connectivity index (χ4n) is 5.27. The number of para-hydroxylation sites is 1. The highest BCUT2D eigenvalue weighted by molar-refractivity contribution is 7.85. The van der Waals surface area contributed by atoms with Crippen molar-refractivity contribution in [3.05, 3.63) is 76.0 Å². The van der Waals surface area contributed by atoms with E-state index in [2.05, 4.69) is 42.6 Å². The Morgan fingerprint density at radius 2 is 1.89 bits per heavy atom. The van der Waals surface area contributed by atoms with Crippen molar-refractivity contribution in [1.82, 2.24) is 25.5 Å². The van der Waals surface area contributed by atoms with Crippen LogP contribution in [-0.2, 0) is 16.5 Å². The van der Waals surface area contributed by atoms with Crippen molar-refractivity contribution >= 4 is 70.9 Å². The van der Waals surface area contributed by atoms with Gasteiger partial charge in [-0.2, -0.15) is 0 Å². The van der Waals surface area contributed by atoms with Crippen LogP contribution in [0.15, 0.2) is 48.5 Å². The number of carbonyl (C=O) groups is 1. The molecule has 3 N–H and O–H groups in total. The second-order valence-corrected chi connectivity index (χ2v) is 16.7. The summed E-state index contributed by atoms with van der Waals surface area (Å²) in [6.07, 6.45) is 1.09. The van der Waals surface area contributed by atoms with Crippen LogP contribution in [0.25, 0.3) is 10.2 Å². The lowest BCUT2D eigenvalue weighted by atomic mass is 10.2. The van der Waals surface area contributed by atoms with Gasteiger partial charge in [0.25, 0.3) is 0 Å². The average molecular weight is 797 g/mol. The predicted octanol–water partition coefficient (Wildman–Crippen LogP) is 5.16. The Kier molecular flexibility index (Phi) is 13.5. The number of thiazole rings is 2. The van der Waals surface area contributed by atoms with Crippen LogP contribution in [0.5, 0.6) is 5.75 Å². The Morgan fingerprint density at radius 1 is 1.09 bits per heavy atom. The fraction of sp³-hybridized carbons (Fsp3) is 0.361. The molecule has 0 unspecified atom stereocenters. The molecular formula is C36H41FN8O6S3. The number of benzene rings is 2. The van der Waals surface area contributed by atoms with E-state index in [9.17, 15) is 27.3 Å². The van der Waals surface area contributed by atoms with Crippen molar-refractivity contribution in [1.29, 1.82) is 0 Å². The van der Waals surface area contributed by atoms with E-state index >= 15 is 0 Å². The van der Waals surface area contributed by atoms with Gasteiger partial charge in [0.05, 0.1) is 60.7 Å². The third kappa shape index (κ3) is 11.6. The number of rotatable bonds is 18. The van der Waals surface area contributed by atoms with E-state index in [0.717, 1.165) is 22.3 Å². The number of ether oxygens (including phenoxy) is 1. The molecule has 0 bridgehead atoms. The lowest BCUT2D eigenvalue weighted by Gasteiger charge is -2.30. The average Bonchev–Trinajstić information content (AvgIpc) is 3.73. The molecule has 5 rings (SSSR count). The van der Waals surface area contributed by atoms with Gasteiger partial charge >= 0.3 is 5.97 Å². The predicted molar refractivity (Wildman–Crippen MR) is 208 cm³/mol. The van der Waals surface area contributed by atoms with Crippen molar-refractivity contribution in [3.63, 3.8) is 0 Å². The molecule has 14 nitrogen and oxygen atoms in total. The maximum absolute atomic E-state index is 14.8. The Bertz CT molecular complexity index is 2240. The zero-order valence-electron chi connectivity index (χ0n) is 30.3. The van der Waals surface area contributed by atoms with Gasteiger partial charge < -0.3 is 34.4 Å². The van der Waals surface area contributed by atoms with E-state index in [1.165, 1.54) is 34.8 Å². The van der Waals surface area contributed by atoms with Gasteiger partial charge in [0.15, 0.2) is 39.2 Å². The van der Waals surface area contributed by atoms with Gasteiger partial charge in [0.2, 0.25) is 0 Å². The maximum Gasteiger partial charge on any atom is 0.355 e. The summed E-state index contributed by atoms with van der Waals surface area (Å²) in [6.45, 7) is 4.34. The third-order valence-electron chi connectivity index (χ3n) is 8.25. The minimum absolute atomic E-state index is 0.0551. The molecular weight excluding hydrogens is 756 g/mol. The molecule has 0 aliphatic rings. The lowest BCUT2D eigenvalue weighted by Crippen LogP contribution is -2.45. The third-order valence-corrected chi connectivity index (χ3v) is 11.2. The minimum Gasteiger partial charge on any atom is -0.748 e. The second kappa shape index (κ2) is 18.0. The summed E-state index contributed by atoms with van der Waals surface area (Å²) < 4.78 is 54.5. The molecule has 54 heavy (non-hydrogen) atoms. The fourth-order valence-corrected chi connectivity index (χ4v) is 7.68. The summed E-state index contributed by atoms with van der Waals surface area (Å²) >= 11 is 2.75. The number of halogens is 1. The Balaban J connectivity index is 1.09. The molecule has 0 saturated carbocycles. The number of quaternary nitrogens is 1. The normalized spacial score (nSPS) is 11.7. The van der Waals surface area contributed by atoms with E-state index < -0.39 is 21.9 Å². The van der Waals surface area contributed by atoms with Gasteiger partial charge in [-0.05, 0) is 61.7 Å². The summed E-state index contributed by atoms with van der Waals surface area (Å²) in [5.74, 6) is 4.93. The van der Waals surface area contributed by atoms with Gasteiger partial charge in [0.1, 0.15) is 0 Å². The maximum atomic E-state index is 14.8. The number of fused-ring (bicyclic) bond motifs is 1. The van der Waals surface area contributed by atoms with Crippen LogP contribution in [0.4, 0.5) is 26.3 Å². The van der Waals surface area contributed by atoms with Gasteiger partial charge in [-0.1, -0.05) is 35.3 Å². The number of nitrogens with zero attached hydrogens (tertiary/aromatic N) is 6. The number of aromatic carboxylic acids is 1. The Morgan fingerprint density at radius 3 is 2.61 bits per heavy atom. The number of hydrogen-bond acceptors (Lipinski definition) is 14. The number of carboxylic acids is 1. The molecule has 0 radical (unpaired) electrons. The SMILES string of the molecule is Cc1cc(N(C)c2nc(C(=O)O)c(CCCOc3ccc(C#CCNCC[N+](C)(C)CCCS(=O)(=O)[O-])cc3F)s2)nnc1Nc1nc2ccccc2s1. The molecule has 0 saturated heterocycles. The molecule has 2 aromatic carbocycles. The smallest absolute Gasteiger partial charge is 0.355 e. The van der Waals surface area contributed by atoms with Gasteiger partial charge in [-0.15, -0.1) is 21.5 Å². The largest absolute Gasteiger partial charge is 0.748 e. The van der Waals surface area contributed by atoms with E-state index in [1.807, 2.05) is 51.4 Å². The molecule has 3 aromatic heterocycles. The molecule has 3 heterocycles. The summed E-state index contributed by atoms with van der Waals surface area (Å²) in [5, 5.41) is 26.1. The van der Waals surface area contributed by atoms with Gasteiger partial charge in [-0.3, -0.25) is 0 Å². The van der Waals surface area contributed by atoms with Crippen molar-refractivity contribution < 1.29 is 36.5 Å². The zero-order chi connectivity index (χ0) is 38.9. The van der Waals surface area contributed by atoms with Gasteiger partial charge in [0, 0.05) is 36.2 Å². The van der Waals surface area contributed by atoms with Gasteiger partial charge in [-0.25, -0.2) is 27.6 Å². The molecule has 0 amide bonds. The highest BCUT2D eigenvalue weighted by Gasteiger charge is 2.21. The summed E-state index contributed by atoms with van der Waals surface area (Å²) in [7, 11) is 1.46. The first-order valence-corrected chi connectivity index (χ1v) is 20.2. The number of nitrogens with one attached hydrogen (secondary N) is 2. The van der Waals surface area contributed by atoms with Crippen LogP contribution in [0.3, 0.4) is 0 Å². The van der Waals surface area contributed by atoms with Crippen LogP contribution < -0.4 is 20.3 Å². The van der Waals surface area contributed by atoms with E-state index in [0.29, 0.717) is 75.7 Å². The molecule has 0 aliphatic carbocycles. The number of carboxylic acid groups (broad SMARTS) is 1. The summed E-state index contributed by atoms with van der Waals surface area (Å²) in [6, 6.07) is 14.2. The van der Waals surface area contributed by atoms with E-state index in [-0.39, 0.29) is 23.8 Å². The zero-order valence-corrected chi connectivity index (χ0v) is 32.7. The molecule has 5 aromatic rings. The molecule has 0 aliphatic heterocycles. The Hall–Kier alpha value is -4.77. The van der Waals surface area contributed by atoms with Crippen LogP contribution in [-0.4, -0.2) is 108 Å². The molecule has 0 atom stereocenters. The lowest BCUT2D eigenvalue weighted by molar-refractivity contribution is -0.889. The topological polar surface area (TPSA) is 183 Å². The summed E-state index contributed by atoms with van der Waals surface area (Å²) in [5.41, 5.74) is 2.15. The second-order valence-electron chi connectivity index (χ2n) is 13.1. The first-order chi connectivity index (χ1) is 25.7. The molecule has 286 valence electrons. The Labute approximate surface area is 321 Å². The van der Waals surface area contributed by atoms with Crippen molar-refractivity contribution in [2.24, 2.45) is 0 Å². The van der Waals surface area contributed by atoms with Crippen LogP contribution in [0.1, 0.15) is 39.3 Å². The quantitative estimate of drug-likeness (QED) is 0.0458. The molecule has 0 spiro atoms. The first-order valence-electron chi connectivity index (χ1n) is 17.0. The number of anilines is 4. The van der Waals surface area contributed by atoms with E-state index in [4.69, 9.17) is 4.74 Å². The number of hydrogen-bond donors (Lipinski definition) is 3. The van der Waals surface area contributed by atoms with Crippen LogP contribution in [0.2, 0.25) is 0 Å². The molecule has 18 heteroatoms.